The molecule has 1 aromatic rings. The van der Waals surface area contributed by atoms with E-state index in [4.69, 9.17) is 10.00 Å². The zero-order valence-electron chi connectivity index (χ0n) is 10.8. The average Bonchev–Trinajstić information content (AvgIpc) is 2.45. The van der Waals surface area contributed by atoms with Crippen LogP contribution in [0, 0.1) is 11.3 Å². The van der Waals surface area contributed by atoms with Crippen LogP contribution in [0.2, 0.25) is 0 Å². The van der Waals surface area contributed by atoms with E-state index in [1.165, 1.54) is 13.3 Å². The molecule has 0 aliphatic heterocycles. The Morgan fingerprint density at radius 3 is 2.74 bits per heavy atom. The fraction of sp³-hybridized carbons (Fsp3) is 0.308. The van der Waals surface area contributed by atoms with Gasteiger partial charge in [0.25, 0.3) is 5.91 Å². The van der Waals surface area contributed by atoms with Crippen molar-refractivity contribution in [1.29, 1.82) is 5.26 Å². The van der Waals surface area contributed by atoms with E-state index in [9.17, 15) is 4.79 Å². The molecule has 0 spiro atoms. The molecular weight excluding hydrogens is 246 g/mol. The molecule has 1 unspecified atom stereocenters. The smallest absolute Gasteiger partial charge is 0.254 e. The predicted molar refractivity (Wildman–Crippen MR) is 69.5 cm³/mol. The molecule has 1 N–H and O–H groups in total. The van der Waals surface area contributed by atoms with Crippen molar-refractivity contribution in [3.8, 4) is 6.07 Å². The summed E-state index contributed by atoms with van der Waals surface area (Å²) in [6, 6.07) is 8.56. The van der Waals surface area contributed by atoms with Crippen molar-refractivity contribution < 1.29 is 14.4 Å². The molecule has 0 saturated heterocycles. The second kappa shape index (κ2) is 7.84. The van der Waals surface area contributed by atoms with Crippen LogP contribution in [0.25, 0.3) is 0 Å². The first-order valence-corrected chi connectivity index (χ1v) is 5.70. The Labute approximate surface area is 111 Å². The lowest BCUT2D eigenvalue weighted by molar-refractivity contribution is 0.0615. The Bertz CT molecular complexity index is 477. The minimum absolute atomic E-state index is 0.352. The van der Waals surface area contributed by atoms with Crippen LogP contribution in [0.4, 0.5) is 0 Å². The molecule has 0 bridgehead atoms. The monoisotopic (exact) mass is 261 g/mol. The lowest BCUT2D eigenvalue weighted by Gasteiger charge is -2.11. The second-order valence-electron chi connectivity index (χ2n) is 3.48. The molecule has 19 heavy (non-hydrogen) atoms. The van der Waals surface area contributed by atoms with Crippen LogP contribution in [0.5, 0.6) is 0 Å². The van der Waals surface area contributed by atoms with Crippen molar-refractivity contribution in [3.63, 3.8) is 0 Å². The molecule has 1 amide bonds. The molecule has 0 saturated carbocycles. The third kappa shape index (κ3) is 4.77. The number of hydrogen-bond donors (Lipinski definition) is 1. The van der Waals surface area contributed by atoms with Gasteiger partial charge in [0, 0.05) is 12.2 Å². The summed E-state index contributed by atoms with van der Waals surface area (Å²) in [5.74, 6) is -0.366. The summed E-state index contributed by atoms with van der Waals surface area (Å²) in [6.07, 6.45) is 0.590. The van der Waals surface area contributed by atoms with E-state index in [1.54, 1.807) is 31.2 Å². The Hall–Kier alpha value is -2.39. The summed E-state index contributed by atoms with van der Waals surface area (Å²) in [5, 5.41) is 14.9. The van der Waals surface area contributed by atoms with Crippen molar-refractivity contribution in [3.05, 3.63) is 35.4 Å². The van der Waals surface area contributed by atoms with E-state index >= 15 is 0 Å². The number of benzene rings is 1. The van der Waals surface area contributed by atoms with E-state index in [1.807, 2.05) is 6.07 Å². The first kappa shape index (κ1) is 14.7. The zero-order valence-corrected chi connectivity index (χ0v) is 10.8. The van der Waals surface area contributed by atoms with Gasteiger partial charge >= 0.3 is 0 Å². The van der Waals surface area contributed by atoms with Crippen LogP contribution in [0.3, 0.4) is 0 Å². The van der Waals surface area contributed by atoms with E-state index in [0.29, 0.717) is 12.2 Å². The second-order valence-corrected chi connectivity index (χ2v) is 3.48. The maximum Gasteiger partial charge on any atom is 0.254 e. The Balaban J connectivity index is 2.67. The highest BCUT2D eigenvalue weighted by atomic mass is 16.6. The summed E-state index contributed by atoms with van der Waals surface area (Å²) >= 11 is 0. The lowest BCUT2D eigenvalue weighted by Crippen LogP contribution is -2.35. The van der Waals surface area contributed by atoms with Gasteiger partial charge in [0.05, 0.1) is 6.21 Å². The Morgan fingerprint density at radius 2 is 2.21 bits per heavy atom. The van der Waals surface area contributed by atoms with Crippen LogP contribution in [-0.2, 0) is 9.57 Å². The summed E-state index contributed by atoms with van der Waals surface area (Å²) in [6.45, 7) is 2.10. The van der Waals surface area contributed by atoms with E-state index in [2.05, 4.69) is 15.3 Å². The number of nitrogens with zero attached hydrogens (tertiary/aromatic N) is 2. The number of nitriles is 1. The van der Waals surface area contributed by atoms with Gasteiger partial charge in [-0.25, -0.2) is 0 Å². The number of nitrogens with one attached hydrogen (secondary N) is 1. The highest BCUT2D eigenvalue weighted by Gasteiger charge is 2.12. The molecule has 1 atom stereocenters. The van der Waals surface area contributed by atoms with Gasteiger partial charge in [-0.2, -0.15) is 5.26 Å². The minimum atomic E-state index is -0.938. The normalized spacial score (nSPS) is 11.8. The molecule has 0 aliphatic carbocycles. The van der Waals surface area contributed by atoms with Gasteiger partial charge in [-0.1, -0.05) is 17.3 Å². The van der Waals surface area contributed by atoms with E-state index < -0.39 is 6.23 Å². The summed E-state index contributed by atoms with van der Waals surface area (Å²) < 4.78 is 5.03. The van der Waals surface area contributed by atoms with E-state index in [0.717, 1.165) is 5.56 Å². The van der Waals surface area contributed by atoms with Gasteiger partial charge < -0.3 is 14.9 Å². The number of hydrogen-bond acceptors (Lipinski definition) is 5. The van der Waals surface area contributed by atoms with Gasteiger partial charge in [-0.15, -0.1) is 0 Å². The third-order valence-electron chi connectivity index (χ3n) is 2.19. The van der Waals surface area contributed by atoms with Gasteiger partial charge in [0.15, 0.2) is 0 Å². The first-order chi connectivity index (χ1) is 9.21. The van der Waals surface area contributed by atoms with Crippen LogP contribution >= 0.6 is 0 Å². The Kier molecular flexibility index (Phi) is 6.06. The number of rotatable bonds is 6. The quantitative estimate of drug-likeness (QED) is 0.475. The molecule has 1 rings (SSSR count). The standard InChI is InChI=1S/C13H15N3O3/c1-3-19-12(8-14)16-13(17)11-6-4-10(5-7-11)9-15-18-2/h4-7,9,12H,3H2,1-2H3,(H,16,17). The summed E-state index contributed by atoms with van der Waals surface area (Å²) in [5.41, 5.74) is 1.24. The molecule has 1 aromatic carbocycles. The molecular formula is C13H15N3O3. The molecule has 0 radical (unpaired) electrons. The summed E-state index contributed by atoms with van der Waals surface area (Å²) in [7, 11) is 1.45. The van der Waals surface area contributed by atoms with Crippen molar-refractivity contribution >= 4 is 12.1 Å². The highest BCUT2D eigenvalue weighted by Crippen LogP contribution is 2.03. The molecule has 100 valence electrons. The van der Waals surface area contributed by atoms with Crippen LogP contribution in [0.1, 0.15) is 22.8 Å². The fourth-order valence-electron chi connectivity index (χ4n) is 1.31. The van der Waals surface area contributed by atoms with Gasteiger partial charge in [0.1, 0.15) is 13.2 Å². The summed E-state index contributed by atoms with van der Waals surface area (Å²) in [4.78, 5) is 16.4. The van der Waals surface area contributed by atoms with Crippen molar-refractivity contribution in [2.75, 3.05) is 13.7 Å². The largest absolute Gasteiger partial charge is 0.399 e. The number of oxime groups is 1. The molecule has 0 heterocycles. The van der Waals surface area contributed by atoms with Gasteiger partial charge in [-0.3, -0.25) is 4.79 Å². The van der Waals surface area contributed by atoms with Crippen molar-refractivity contribution in [1.82, 2.24) is 5.32 Å². The maximum atomic E-state index is 11.8. The number of carbonyl (C=O) groups is 1. The van der Waals surface area contributed by atoms with Crippen LogP contribution in [-0.4, -0.2) is 32.1 Å². The molecule has 0 aliphatic rings. The van der Waals surface area contributed by atoms with E-state index in [-0.39, 0.29) is 5.91 Å². The predicted octanol–water partition coefficient (Wildman–Crippen LogP) is 1.28. The molecule has 6 nitrogen and oxygen atoms in total. The zero-order chi connectivity index (χ0) is 14.1. The van der Waals surface area contributed by atoms with Gasteiger partial charge in [0.2, 0.25) is 6.23 Å². The maximum absolute atomic E-state index is 11.8. The number of amides is 1. The SMILES string of the molecule is CCOC(C#N)NC(=O)c1ccc(C=NOC)cc1. The highest BCUT2D eigenvalue weighted by molar-refractivity contribution is 5.95. The Morgan fingerprint density at radius 1 is 1.53 bits per heavy atom. The molecule has 0 aromatic heterocycles. The third-order valence-corrected chi connectivity index (χ3v) is 2.19. The first-order valence-electron chi connectivity index (χ1n) is 5.70. The minimum Gasteiger partial charge on any atom is -0.399 e. The van der Waals surface area contributed by atoms with Crippen LogP contribution in [0.15, 0.2) is 29.4 Å². The van der Waals surface area contributed by atoms with Crippen molar-refractivity contribution in [2.45, 2.75) is 13.2 Å². The molecule has 0 fully saturated rings. The van der Waals surface area contributed by atoms with Crippen molar-refractivity contribution in [2.24, 2.45) is 5.16 Å². The molecule has 6 heteroatoms. The topological polar surface area (TPSA) is 83.7 Å². The number of ether oxygens (including phenoxy) is 1. The number of carbonyl (C=O) groups excluding carboxylic acids is 1. The van der Waals surface area contributed by atoms with Crippen LogP contribution < -0.4 is 5.32 Å². The lowest BCUT2D eigenvalue weighted by atomic mass is 10.1. The van der Waals surface area contributed by atoms with Gasteiger partial charge in [-0.05, 0) is 24.6 Å². The average molecular weight is 261 g/mol. The fourth-order valence-corrected chi connectivity index (χ4v) is 1.31.